The minimum atomic E-state index is -4.39. The number of nitrogens with zero attached hydrogens (tertiary/aromatic N) is 1. The third kappa shape index (κ3) is 4.06. The second kappa shape index (κ2) is 5.69. The van der Waals surface area contributed by atoms with Gasteiger partial charge in [0.2, 0.25) is 0 Å². The van der Waals surface area contributed by atoms with E-state index in [-0.39, 0.29) is 0 Å². The van der Waals surface area contributed by atoms with Crippen LogP contribution in [0.2, 0.25) is 0 Å². The number of anilines is 1. The molecule has 0 unspecified atom stereocenters. The van der Waals surface area contributed by atoms with Crippen LogP contribution in [0.4, 0.5) is 18.9 Å². The van der Waals surface area contributed by atoms with Crippen LogP contribution < -0.4 is 10.6 Å². The third-order valence-electron chi connectivity index (χ3n) is 1.93. The van der Waals surface area contributed by atoms with Crippen LogP contribution in [0.5, 0.6) is 0 Å². The van der Waals surface area contributed by atoms with Crippen molar-refractivity contribution in [2.24, 2.45) is 0 Å². The van der Waals surface area contributed by atoms with Gasteiger partial charge in [0.05, 0.1) is 0 Å². The maximum absolute atomic E-state index is 12.3. The number of pyridine rings is 1. The molecule has 0 radical (unpaired) electrons. The average molecular weight is 233 g/mol. The van der Waals surface area contributed by atoms with Gasteiger partial charge in [0.25, 0.3) is 0 Å². The van der Waals surface area contributed by atoms with Crippen LogP contribution in [-0.2, 0) is 6.18 Å². The minimum absolute atomic E-state index is 0.431. The van der Waals surface area contributed by atoms with Gasteiger partial charge in [-0.1, -0.05) is 6.92 Å². The van der Waals surface area contributed by atoms with E-state index < -0.39 is 11.9 Å². The monoisotopic (exact) mass is 233 g/mol. The normalized spacial score (nSPS) is 11.5. The van der Waals surface area contributed by atoms with Crippen molar-refractivity contribution in [2.45, 2.75) is 13.1 Å². The molecule has 1 aromatic rings. The summed E-state index contributed by atoms with van der Waals surface area (Å²) in [7, 11) is 0. The zero-order chi connectivity index (χ0) is 12.0. The Bertz CT molecular complexity index is 325. The minimum Gasteiger partial charge on any atom is -0.384 e. The Morgan fingerprint density at radius 1 is 1.31 bits per heavy atom. The molecular weight excluding hydrogens is 219 g/mol. The predicted molar refractivity (Wildman–Crippen MR) is 56.3 cm³/mol. The molecule has 0 aliphatic rings. The zero-order valence-electron chi connectivity index (χ0n) is 8.93. The summed E-state index contributed by atoms with van der Waals surface area (Å²) in [6.45, 7) is 4.09. The Labute approximate surface area is 92.1 Å². The van der Waals surface area contributed by atoms with Crippen LogP contribution >= 0.6 is 0 Å². The Hall–Kier alpha value is -1.30. The van der Waals surface area contributed by atoms with Gasteiger partial charge in [0, 0.05) is 25.0 Å². The highest BCUT2D eigenvalue weighted by Crippen LogP contribution is 2.28. The summed E-state index contributed by atoms with van der Waals surface area (Å²) in [6.07, 6.45) is -3.24. The molecule has 0 fully saturated rings. The van der Waals surface area contributed by atoms with E-state index in [1.807, 2.05) is 6.92 Å². The first-order valence-electron chi connectivity index (χ1n) is 5.02. The summed E-state index contributed by atoms with van der Waals surface area (Å²) < 4.78 is 36.9. The number of aromatic nitrogens is 1. The lowest BCUT2D eigenvalue weighted by Crippen LogP contribution is -2.21. The Morgan fingerprint density at radius 3 is 2.69 bits per heavy atom. The van der Waals surface area contributed by atoms with Crippen molar-refractivity contribution < 1.29 is 13.2 Å². The van der Waals surface area contributed by atoms with E-state index in [2.05, 4.69) is 15.6 Å². The summed E-state index contributed by atoms with van der Waals surface area (Å²) in [5.74, 6) is 0. The number of alkyl halides is 3. The molecule has 0 aliphatic carbocycles. The van der Waals surface area contributed by atoms with Crippen molar-refractivity contribution >= 4 is 5.69 Å². The molecule has 0 bridgehead atoms. The summed E-state index contributed by atoms with van der Waals surface area (Å²) >= 11 is 0. The standard InChI is InChI=1S/C10H14F3N3/c1-2-14-5-6-15-8-3-4-16-9(7-8)10(11,12)13/h3-4,7,14H,2,5-6H2,1H3,(H,15,16). The molecule has 0 aliphatic heterocycles. The van der Waals surface area contributed by atoms with E-state index >= 15 is 0 Å². The van der Waals surface area contributed by atoms with E-state index in [9.17, 15) is 13.2 Å². The molecule has 1 aromatic heterocycles. The van der Waals surface area contributed by atoms with E-state index in [1.54, 1.807) is 0 Å². The molecular formula is C10H14F3N3. The van der Waals surface area contributed by atoms with E-state index in [4.69, 9.17) is 0 Å². The maximum atomic E-state index is 12.3. The van der Waals surface area contributed by atoms with Gasteiger partial charge in [-0.3, -0.25) is 4.98 Å². The van der Waals surface area contributed by atoms with Crippen molar-refractivity contribution in [3.63, 3.8) is 0 Å². The van der Waals surface area contributed by atoms with Crippen LogP contribution in [0.1, 0.15) is 12.6 Å². The number of likely N-dealkylation sites (N-methyl/N-ethyl adjacent to an activating group) is 1. The lowest BCUT2D eigenvalue weighted by Gasteiger charge is -2.09. The highest BCUT2D eigenvalue weighted by molar-refractivity contribution is 5.43. The van der Waals surface area contributed by atoms with Crippen molar-refractivity contribution in [3.8, 4) is 0 Å². The zero-order valence-corrected chi connectivity index (χ0v) is 8.93. The maximum Gasteiger partial charge on any atom is 0.433 e. The van der Waals surface area contributed by atoms with Gasteiger partial charge < -0.3 is 10.6 Å². The van der Waals surface area contributed by atoms with Gasteiger partial charge in [-0.2, -0.15) is 13.2 Å². The summed E-state index contributed by atoms with van der Waals surface area (Å²) in [4.78, 5) is 3.27. The topological polar surface area (TPSA) is 37.0 Å². The lowest BCUT2D eigenvalue weighted by atomic mass is 10.3. The SMILES string of the molecule is CCNCCNc1ccnc(C(F)(F)F)c1. The van der Waals surface area contributed by atoms with Crippen molar-refractivity contribution in [1.29, 1.82) is 0 Å². The Kier molecular flexibility index (Phi) is 4.54. The number of rotatable bonds is 5. The molecule has 2 N–H and O–H groups in total. The van der Waals surface area contributed by atoms with Crippen LogP contribution in [0, 0.1) is 0 Å². The molecule has 1 heterocycles. The summed E-state index contributed by atoms with van der Waals surface area (Å²) in [5, 5.41) is 5.95. The van der Waals surface area contributed by atoms with Gasteiger partial charge in [-0.15, -0.1) is 0 Å². The summed E-state index contributed by atoms with van der Waals surface area (Å²) in [6, 6.07) is 2.52. The molecule has 3 nitrogen and oxygen atoms in total. The number of hydrogen-bond acceptors (Lipinski definition) is 3. The molecule has 0 amide bonds. The third-order valence-corrected chi connectivity index (χ3v) is 1.93. The fourth-order valence-corrected chi connectivity index (χ4v) is 1.17. The molecule has 90 valence electrons. The number of nitrogens with one attached hydrogen (secondary N) is 2. The fraction of sp³-hybridized carbons (Fsp3) is 0.500. The molecule has 0 spiro atoms. The summed E-state index contributed by atoms with van der Waals surface area (Å²) in [5.41, 5.74) is -0.443. The second-order valence-electron chi connectivity index (χ2n) is 3.21. The van der Waals surface area contributed by atoms with Gasteiger partial charge in [-0.05, 0) is 18.7 Å². The van der Waals surface area contributed by atoms with Gasteiger partial charge in [0.1, 0.15) is 5.69 Å². The molecule has 1 rings (SSSR count). The molecule has 0 atom stereocenters. The van der Waals surface area contributed by atoms with E-state index in [0.29, 0.717) is 18.8 Å². The van der Waals surface area contributed by atoms with Crippen LogP contribution in [0.25, 0.3) is 0 Å². The smallest absolute Gasteiger partial charge is 0.384 e. The van der Waals surface area contributed by atoms with Gasteiger partial charge in [0.15, 0.2) is 0 Å². The molecule has 16 heavy (non-hydrogen) atoms. The first-order chi connectivity index (χ1) is 7.54. The molecule has 0 aromatic carbocycles. The Morgan fingerprint density at radius 2 is 2.06 bits per heavy atom. The van der Waals surface area contributed by atoms with E-state index in [1.165, 1.54) is 6.07 Å². The van der Waals surface area contributed by atoms with Crippen LogP contribution in [0.3, 0.4) is 0 Å². The van der Waals surface area contributed by atoms with Crippen LogP contribution in [-0.4, -0.2) is 24.6 Å². The van der Waals surface area contributed by atoms with Crippen molar-refractivity contribution in [2.75, 3.05) is 25.0 Å². The van der Waals surface area contributed by atoms with Gasteiger partial charge >= 0.3 is 6.18 Å². The number of halogens is 3. The second-order valence-corrected chi connectivity index (χ2v) is 3.21. The quantitative estimate of drug-likeness (QED) is 0.765. The fourth-order valence-electron chi connectivity index (χ4n) is 1.17. The first-order valence-corrected chi connectivity index (χ1v) is 5.02. The van der Waals surface area contributed by atoms with Gasteiger partial charge in [-0.25, -0.2) is 0 Å². The van der Waals surface area contributed by atoms with E-state index in [0.717, 1.165) is 18.8 Å². The van der Waals surface area contributed by atoms with Crippen molar-refractivity contribution in [3.05, 3.63) is 24.0 Å². The van der Waals surface area contributed by atoms with Crippen LogP contribution in [0.15, 0.2) is 18.3 Å². The highest BCUT2D eigenvalue weighted by Gasteiger charge is 2.32. The average Bonchev–Trinajstić information content (AvgIpc) is 2.24. The highest BCUT2D eigenvalue weighted by atomic mass is 19.4. The molecule has 6 heteroatoms. The first kappa shape index (κ1) is 12.8. The lowest BCUT2D eigenvalue weighted by molar-refractivity contribution is -0.141. The van der Waals surface area contributed by atoms with Crippen molar-refractivity contribution in [1.82, 2.24) is 10.3 Å². The molecule has 0 saturated heterocycles. The predicted octanol–water partition coefficient (Wildman–Crippen LogP) is 2.12. The Balaban J connectivity index is 2.54. The number of hydrogen-bond donors (Lipinski definition) is 2. The molecule has 0 saturated carbocycles. The largest absolute Gasteiger partial charge is 0.433 e.